The predicted octanol–water partition coefficient (Wildman–Crippen LogP) is 2.07. The minimum absolute atomic E-state index is 0.147. The van der Waals surface area contributed by atoms with Crippen LogP contribution in [0.15, 0.2) is 30.6 Å². The molecule has 0 saturated heterocycles. The van der Waals surface area contributed by atoms with Gasteiger partial charge in [-0.1, -0.05) is 12.1 Å². The third kappa shape index (κ3) is 2.76. The van der Waals surface area contributed by atoms with Gasteiger partial charge in [-0.2, -0.15) is 0 Å². The van der Waals surface area contributed by atoms with Gasteiger partial charge in [0.1, 0.15) is 12.1 Å². The lowest BCUT2D eigenvalue weighted by Crippen LogP contribution is -2.29. The molecule has 20 heavy (non-hydrogen) atoms. The van der Waals surface area contributed by atoms with Crippen LogP contribution < -0.4 is 10.6 Å². The van der Waals surface area contributed by atoms with Crippen LogP contribution in [0, 0.1) is 5.82 Å². The first-order chi connectivity index (χ1) is 9.74. The van der Waals surface area contributed by atoms with Crippen molar-refractivity contribution in [1.29, 1.82) is 0 Å². The number of halogens is 1. The fourth-order valence-electron chi connectivity index (χ4n) is 1.94. The van der Waals surface area contributed by atoms with Gasteiger partial charge in [-0.15, -0.1) is 10.2 Å². The highest BCUT2D eigenvalue weighted by Gasteiger charge is 2.26. The van der Waals surface area contributed by atoms with Gasteiger partial charge in [-0.25, -0.2) is 9.18 Å². The average Bonchev–Trinajstić information content (AvgIpc) is 3.18. The quantitative estimate of drug-likeness (QED) is 0.897. The molecule has 7 heteroatoms. The van der Waals surface area contributed by atoms with E-state index in [1.54, 1.807) is 18.5 Å². The fourth-order valence-corrected chi connectivity index (χ4v) is 1.94. The molecule has 0 radical (unpaired) electrons. The Morgan fingerprint density at radius 1 is 1.40 bits per heavy atom. The third-order valence-electron chi connectivity index (χ3n) is 3.12. The maximum Gasteiger partial charge on any atom is 0.319 e. The van der Waals surface area contributed by atoms with Crippen molar-refractivity contribution in [1.82, 2.24) is 20.1 Å². The van der Waals surface area contributed by atoms with Crippen LogP contribution in [-0.4, -0.2) is 20.8 Å². The summed E-state index contributed by atoms with van der Waals surface area (Å²) in [6, 6.07) is 6.00. The van der Waals surface area contributed by atoms with E-state index in [2.05, 4.69) is 20.8 Å². The molecule has 104 valence electrons. The van der Waals surface area contributed by atoms with Crippen LogP contribution >= 0.6 is 0 Å². The van der Waals surface area contributed by atoms with Gasteiger partial charge >= 0.3 is 6.03 Å². The van der Waals surface area contributed by atoms with E-state index in [4.69, 9.17) is 0 Å². The molecule has 0 spiro atoms. The number of benzene rings is 1. The lowest BCUT2D eigenvalue weighted by molar-refractivity contribution is 0.251. The molecule has 1 aliphatic rings. The topological polar surface area (TPSA) is 71.8 Å². The lowest BCUT2D eigenvalue weighted by atomic mass is 10.3. The Bertz CT molecular complexity index is 623. The number of hydrogen-bond acceptors (Lipinski definition) is 3. The number of para-hydroxylation sites is 1. The van der Waals surface area contributed by atoms with E-state index in [1.807, 2.05) is 4.57 Å². The number of carbonyl (C=O) groups is 1. The molecule has 1 fully saturated rings. The van der Waals surface area contributed by atoms with Crippen molar-refractivity contribution in [2.45, 2.75) is 25.4 Å². The van der Waals surface area contributed by atoms with Crippen LogP contribution in [-0.2, 0) is 6.54 Å². The molecule has 6 nitrogen and oxygen atoms in total. The summed E-state index contributed by atoms with van der Waals surface area (Å²) in [4.78, 5) is 11.7. The molecule has 2 amide bonds. The minimum Gasteiger partial charge on any atom is -0.331 e. The molecule has 1 aliphatic carbocycles. The van der Waals surface area contributed by atoms with Crippen LogP contribution in [0.5, 0.6) is 0 Å². The summed E-state index contributed by atoms with van der Waals surface area (Å²) in [5.41, 5.74) is 0.147. The first kappa shape index (κ1) is 12.6. The fraction of sp³-hybridized carbons (Fsp3) is 0.308. The third-order valence-corrected chi connectivity index (χ3v) is 3.12. The number of anilines is 1. The Morgan fingerprint density at radius 3 is 2.95 bits per heavy atom. The molecule has 3 rings (SSSR count). The number of nitrogens with one attached hydrogen (secondary N) is 2. The Labute approximate surface area is 115 Å². The average molecular weight is 275 g/mol. The Kier molecular flexibility index (Phi) is 3.32. The summed E-state index contributed by atoms with van der Waals surface area (Å²) in [5.74, 6) is 0.236. The zero-order valence-corrected chi connectivity index (χ0v) is 10.7. The maximum atomic E-state index is 13.4. The summed E-state index contributed by atoms with van der Waals surface area (Å²) in [6.07, 6.45) is 3.91. The number of amides is 2. The summed E-state index contributed by atoms with van der Waals surface area (Å²) in [6.45, 7) is 0.261. The molecule has 2 N–H and O–H groups in total. The van der Waals surface area contributed by atoms with Gasteiger partial charge in [-0.05, 0) is 25.0 Å². The van der Waals surface area contributed by atoms with Crippen molar-refractivity contribution in [3.05, 3.63) is 42.2 Å². The van der Waals surface area contributed by atoms with E-state index in [0.29, 0.717) is 11.9 Å². The van der Waals surface area contributed by atoms with E-state index >= 15 is 0 Å². The van der Waals surface area contributed by atoms with Crippen molar-refractivity contribution in [3.63, 3.8) is 0 Å². The van der Waals surface area contributed by atoms with Gasteiger partial charge in [0.05, 0.1) is 12.2 Å². The van der Waals surface area contributed by atoms with Crippen LogP contribution in [0.4, 0.5) is 14.9 Å². The summed E-state index contributed by atoms with van der Waals surface area (Å²) in [5, 5.41) is 12.9. The largest absolute Gasteiger partial charge is 0.331 e. The second-order valence-corrected chi connectivity index (χ2v) is 4.67. The standard InChI is InChI=1S/C13H14FN5O/c14-10-3-1-2-4-11(10)17-13(20)15-7-12-18-16-8-19(12)9-5-6-9/h1-4,8-9H,5-7H2,(H2,15,17,20). The number of aromatic nitrogens is 3. The molecular formula is C13H14FN5O. The molecule has 0 bridgehead atoms. The molecular weight excluding hydrogens is 261 g/mol. The smallest absolute Gasteiger partial charge is 0.319 e. The van der Waals surface area contributed by atoms with E-state index in [-0.39, 0.29) is 12.2 Å². The van der Waals surface area contributed by atoms with E-state index in [0.717, 1.165) is 12.8 Å². The molecule has 1 aromatic heterocycles. The Morgan fingerprint density at radius 2 is 2.20 bits per heavy atom. The summed E-state index contributed by atoms with van der Waals surface area (Å²) in [7, 11) is 0. The van der Waals surface area contributed by atoms with Gasteiger partial charge in [0.15, 0.2) is 5.82 Å². The van der Waals surface area contributed by atoms with Gasteiger partial charge in [0.25, 0.3) is 0 Å². The number of urea groups is 1. The zero-order valence-electron chi connectivity index (χ0n) is 10.7. The molecule has 0 atom stereocenters. The minimum atomic E-state index is -0.472. The van der Waals surface area contributed by atoms with E-state index in [1.165, 1.54) is 12.1 Å². The maximum absolute atomic E-state index is 13.4. The monoisotopic (exact) mass is 275 g/mol. The normalized spacial score (nSPS) is 14.1. The predicted molar refractivity (Wildman–Crippen MR) is 70.6 cm³/mol. The van der Waals surface area contributed by atoms with Crippen molar-refractivity contribution >= 4 is 11.7 Å². The molecule has 0 aliphatic heterocycles. The summed E-state index contributed by atoms with van der Waals surface area (Å²) >= 11 is 0. The van der Waals surface area contributed by atoms with E-state index < -0.39 is 11.8 Å². The number of carbonyl (C=O) groups excluding carboxylic acids is 1. The van der Waals surface area contributed by atoms with Crippen LogP contribution in [0.3, 0.4) is 0 Å². The van der Waals surface area contributed by atoms with Crippen molar-refractivity contribution < 1.29 is 9.18 Å². The SMILES string of the molecule is O=C(NCc1nncn1C1CC1)Nc1ccccc1F. The first-order valence-electron chi connectivity index (χ1n) is 6.42. The molecule has 1 saturated carbocycles. The zero-order chi connectivity index (χ0) is 13.9. The second kappa shape index (κ2) is 5.28. The highest BCUT2D eigenvalue weighted by molar-refractivity contribution is 5.89. The Balaban J connectivity index is 1.57. The highest BCUT2D eigenvalue weighted by atomic mass is 19.1. The van der Waals surface area contributed by atoms with Gasteiger partial charge in [0, 0.05) is 6.04 Å². The van der Waals surface area contributed by atoms with Crippen molar-refractivity contribution in [3.8, 4) is 0 Å². The summed E-state index contributed by atoms with van der Waals surface area (Å²) < 4.78 is 15.3. The van der Waals surface area contributed by atoms with Crippen LogP contribution in [0.1, 0.15) is 24.7 Å². The molecule has 2 aromatic rings. The molecule has 0 unspecified atom stereocenters. The highest BCUT2D eigenvalue weighted by Crippen LogP contribution is 2.35. The van der Waals surface area contributed by atoms with Gasteiger partial charge in [0.2, 0.25) is 0 Å². The second-order valence-electron chi connectivity index (χ2n) is 4.67. The van der Waals surface area contributed by atoms with Crippen molar-refractivity contribution in [2.75, 3.05) is 5.32 Å². The number of nitrogens with zero attached hydrogens (tertiary/aromatic N) is 3. The van der Waals surface area contributed by atoms with Crippen molar-refractivity contribution in [2.24, 2.45) is 0 Å². The molecule has 1 heterocycles. The molecule has 1 aromatic carbocycles. The van der Waals surface area contributed by atoms with Gasteiger partial charge in [-0.3, -0.25) is 0 Å². The van der Waals surface area contributed by atoms with Gasteiger partial charge < -0.3 is 15.2 Å². The Hall–Kier alpha value is -2.44. The van der Waals surface area contributed by atoms with E-state index in [9.17, 15) is 9.18 Å². The first-order valence-corrected chi connectivity index (χ1v) is 6.42. The lowest BCUT2D eigenvalue weighted by Gasteiger charge is -2.08. The van der Waals surface area contributed by atoms with Crippen LogP contribution in [0.25, 0.3) is 0 Å². The number of rotatable bonds is 4. The number of hydrogen-bond donors (Lipinski definition) is 2. The van der Waals surface area contributed by atoms with Crippen LogP contribution in [0.2, 0.25) is 0 Å².